The van der Waals surface area contributed by atoms with Crippen LogP contribution in [0.15, 0.2) is 57.8 Å². The summed E-state index contributed by atoms with van der Waals surface area (Å²) in [6, 6.07) is 9.79. The number of hydrazone groups is 1. The largest absolute Gasteiger partial charge is 0.378 e. The van der Waals surface area contributed by atoms with E-state index in [-0.39, 0.29) is 30.3 Å². The van der Waals surface area contributed by atoms with E-state index in [9.17, 15) is 25.0 Å². The maximum atomic E-state index is 14.1. The highest BCUT2D eigenvalue weighted by Crippen LogP contribution is 2.47. The molecule has 3 aromatic rings. The third-order valence-corrected chi connectivity index (χ3v) is 9.20. The normalized spacial score (nSPS) is 21.8. The van der Waals surface area contributed by atoms with Gasteiger partial charge in [-0.05, 0) is 53.8 Å². The molecule has 1 amide bonds. The molecule has 1 saturated heterocycles. The van der Waals surface area contributed by atoms with Crippen molar-refractivity contribution in [1.82, 2.24) is 5.01 Å². The number of carbonyl (C=O) groups excluding carboxylic acids is 1. The van der Waals surface area contributed by atoms with Crippen LogP contribution in [0, 0.1) is 26.1 Å². The van der Waals surface area contributed by atoms with E-state index in [0.717, 1.165) is 52.4 Å². The number of rotatable bonds is 6. The average Bonchev–Trinajstić information content (AvgIpc) is 3.74. The van der Waals surface area contributed by atoms with E-state index in [4.69, 9.17) is 9.84 Å². The van der Waals surface area contributed by atoms with E-state index >= 15 is 0 Å². The quantitative estimate of drug-likeness (QED) is 0.262. The van der Waals surface area contributed by atoms with E-state index in [1.165, 1.54) is 16.3 Å². The summed E-state index contributed by atoms with van der Waals surface area (Å²) in [7, 11) is 0. The Morgan fingerprint density at radius 1 is 1.05 bits per heavy atom. The van der Waals surface area contributed by atoms with Crippen LogP contribution in [-0.4, -0.2) is 52.8 Å². The maximum absolute atomic E-state index is 14.1. The van der Waals surface area contributed by atoms with Crippen molar-refractivity contribution in [3.63, 3.8) is 0 Å². The number of amides is 1. The van der Waals surface area contributed by atoms with Crippen molar-refractivity contribution in [3.05, 3.63) is 88.3 Å². The van der Waals surface area contributed by atoms with Crippen LogP contribution in [0.4, 0.5) is 17.1 Å². The molecule has 13 heteroatoms. The van der Waals surface area contributed by atoms with Gasteiger partial charge in [0.25, 0.3) is 17.3 Å². The van der Waals surface area contributed by atoms with Crippen LogP contribution in [0.3, 0.4) is 0 Å². The predicted molar refractivity (Wildman–Crippen MR) is 153 cm³/mol. The monoisotopic (exact) mass is 579 g/mol. The molecule has 6 rings (SSSR count). The molecule has 0 radical (unpaired) electrons. The number of fused-ring (bicyclic) bond motifs is 1. The Morgan fingerprint density at radius 3 is 2.38 bits per heavy atom. The molecular formula is C27H25N5O6S2. The number of benzene rings is 1. The molecule has 11 nitrogen and oxygen atoms in total. The Hall–Kier alpha value is -3.94. The van der Waals surface area contributed by atoms with Gasteiger partial charge in [-0.2, -0.15) is 5.10 Å². The molecule has 0 spiro atoms. The lowest BCUT2D eigenvalue weighted by atomic mass is 9.79. The molecule has 0 N–H and O–H groups in total. The number of morpholine rings is 1. The Morgan fingerprint density at radius 2 is 1.75 bits per heavy atom. The topological polar surface area (TPSA) is 131 Å². The van der Waals surface area contributed by atoms with Crippen molar-refractivity contribution in [2.75, 3.05) is 31.2 Å². The van der Waals surface area contributed by atoms with Gasteiger partial charge in [-0.15, -0.1) is 22.7 Å². The zero-order valence-electron chi connectivity index (χ0n) is 21.3. The number of ether oxygens (including phenoxy) is 1. The predicted octanol–water partition coefficient (Wildman–Crippen LogP) is 5.90. The molecule has 2 fully saturated rings. The summed E-state index contributed by atoms with van der Waals surface area (Å²) < 4.78 is 5.33. The summed E-state index contributed by atoms with van der Waals surface area (Å²) in [6.45, 7) is 1.14. The fraction of sp³-hybridized carbons (Fsp3) is 0.333. The van der Waals surface area contributed by atoms with Gasteiger partial charge >= 0.3 is 0 Å². The molecule has 206 valence electrons. The molecule has 1 aromatic carbocycles. The van der Waals surface area contributed by atoms with Gasteiger partial charge in [-0.25, -0.2) is 5.01 Å². The van der Waals surface area contributed by atoms with Crippen molar-refractivity contribution in [2.45, 2.75) is 25.3 Å². The lowest BCUT2D eigenvalue weighted by Gasteiger charge is -2.29. The van der Waals surface area contributed by atoms with E-state index in [1.54, 1.807) is 16.2 Å². The zero-order chi connectivity index (χ0) is 27.8. The van der Waals surface area contributed by atoms with Gasteiger partial charge in [-0.3, -0.25) is 25.0 Å². The van der Waals surface area contributed by atoms with Gasteiger partial charge in [0.05, 0.1) is 40.4 Å². The minimum Gasteiger partial charge on any atom is -0.378 e. The second-order valence-corrected chi connectivity index (χ2v) is 11.7. The van der Waals surface area contributed by atoms with Crippen LogP contribution in [0.25, 0.3) is 6.08 Å². The van der Waals surface area contributed by atoms with Gasteiger partial charge in [0.15, 0.2) is 5.69 Å². The molecule has 1 aliphatic carbocycles. The SMILES string of the molecule is O=C(c1cc([N+](=O)[O-])c(N2CCOCC2)c([N+](=O)[O-])c1)N1N=C2/C(=C/c3cccs3)CCC[C@@H]2[C@@H]1c1cccs1. The first-order chi connectivity index (χ1) is 19.4. The minimum absolute atomic E-state index is 0.0415. The van der Waals surface area contributed by atoms with E-state index in [0.29, 0.717) is 13.2 Å². The van der Waals surface area contributed by atoms with Gasteiger partial charge in [-0.1, -0.05) is 12.1 Å². The van der Waals surface area contributed by atoms with Gasteiger partial charge < -0.3 is 9.64 Å². The van der Waals surface area contributed by atoms with Gasteiger partial charge in [0.1, 0.15) is 0 Å². The summed E-state index contributed by atoms with van der Waals surface area (Å²) in [5.41, 5.74) is 0.704. The Labute approximate surface area is 237 Å². The number of anilines is 1. The molecule has 2 atom stereocenters. The second kappa shape index (κ2) is 10.9. The molecule has 1 saturated carbocycles. The molecular weight excluding hydrogens is 554 g/mol. The Balaban J connectivity index is 1.45. The Bertz CT molecular complexity index is 1480. The molecule has 0 bridgehead atoms. The maximum Gasteiger partial charge on any atom is 0.300 e. The van der Waals surface area contributed by atoms with Gasteiger partial charge in [0, 0.05) is 40.9 Å². The van der Waals surface area contributed by atoms with E-state index in [1.807, 2.05) is 35.0 Å². The highest BCUT2D eigenvalue weighted by molar-refractivity contribution is 7.11. The zero-order valence-corrected chi connectivity index (χ0v) is 22.9. The number of nitro benzene ring substituents is 2. The van der Waals surface area contributed by atoms with Crippen LogP contribution < -0.4 is 4.90 Å². The number of nitrogens with zero attached hydrogens (tertiary/aromatic N) is 5. The van der Waals surface area contributed by atoms with Crippen molar-refractivity contribution < 1.29 is 19.4 Å². The number of hydrogen-bond acceptors (Lipinski definition) is 10. The third-order valence-electron chi connectivity index (χ3n) is 7.44. The fourth-order valence-corrected chi connectivity index (χ4v) is 7.26. The fourth-order valence-electron chi connectivity index (χ4n) is 5.70. The smallest absolute Gasteiger partial charge is 0.300 e. The lowest BCUT2D eigenvalue weighted by molar-refractivity contribution is -0.392. The highest BCUT2D eigenvalue weighted by atomic mass is 32.1. The molecule has 40 heavy (non-hydrogen) atoms. The lowest BCUT2D eigenvalue weighted by Crippen LogP contribution is -2.37. The standard InChI is InChI=1S/C27H25N5O6S2/c33-27(18-15-21(31(34)35)26(22(16-18)32(36)37)29-8-10-38-11-9-29)30-25(23-7-3-13-40-23)20-6-1-4-17(24(20)28-30)14-19-5-2-12-39-19/h2-3,5,7,12-16,20,25H,1,4,6,8-11H2/b17-14+/t20-,25+/m0/s1. The number of allylic oxidation sites excluding steroid dienone is 1. The first kappa shape index (κ1) is 26.3. The number of nitro groups is 2. The molecule has 2 aromatic heterocycles. The summed E-state index contributed by atoms with van der Waals surface area (Å²) in [5, 5.41) is 34.5. The molecule has 2 aliphatic heterocycles. The van der Waals surface area contributed by atoms with Crippen LogP contribution in [0.5, 0.6) is 0 Å². The minimum atomic E-state index is -0.664. The van der Waals surface area contributed by atoms with Crippen molar-refractivity contribution >= 4 is 57.4 Å². The highest BCUT2D eigenvalue weighted by Gasteiger charge is 2.45. The van der Waals surface area contributed by atoms with Crippen molar-refractivity contribution in [2.24, 2.45) is 11.0 Å². The van der Waals surface area contributed by atoms with Crippen molar-refractivity contribution in [3.8, 4) is 0 Å². The van der Waals surface area contributed by atoms with Crippen LogP contribution in [0.2, 0.25) is 0 Å². The molecule has 3 aliphatic rings. The van der Waals surface area contributed by atoms with Crippen LogP contribution >= 0.6 is 22.7 Å². The summed E-state index contributed by atoms with van der Waals surface area (Å²) in [6.07, 6.45) is 4.72. The van der Waals surface area contributed by atoms with Crippen molar-refractivity contribution in [1.29, 1.82) is 0 Å². The van der Waals surface area contributed by atoms with E-state index < -0.39 is 33.2 Å². The van der Waals surface area contributed by atoms with Crippen LogP contribution in [-0.2, 0) is 4.74 Å². The van der Waals surface area contributed by atoms with Crippen LogP contribution in [0.1, 0.15) is 45.4 Å². The molecule has 0 unspecified atom stereocenters. The Kier molecular flexibility index (Phi) is 7.17. The summed E-state index contributed by atoms with van der Waals surface area (Å²) in [4.78, 5) is 40.7. The molecule has 4 heterocycles. The summed E-state index contributed by atoms with van der Waals surface area (Å²) >= 11 is 3.14. The second-order valence-electron chi connectivity index (χ2n) is 9.76. The van der Waals surface area contributed by atoms with E-state index in [2.05, 4.69) is 6.08 Å². The number of hydrogen-bond donors (Lipinski definition) is 0. The van der Waals surface area contributed by atoms with Gasteiger partial charge in [0.2, 0.25) is 0 Å². The average molecular weight is 580 g/mol. The third kappa shape index (κ3) is 4.80. The number of carbonyl (C=O) groups is 1. The first-order valence-corrected chi connectivity index (χ1v) is 14.7. The first-order valence-electron chi connectivity index (χ1n) is 12.9. The summed E-state index contributed by atoms with van der Waals surface area (Å²) in [5.74, 6) is -0.643. The number of thiophene rings is 2.